The second kappa shape index (κ2) is 8.47. The molecule has 0 aliphatic heterocycles. The number of aryl methyl sites for hydroxylation is 1. The topological polar surface area (TPSA) is 113 Å². The first-order valence-corrected chi connectivity index (χ1v) is 10.3. The largest absolute Gasteiger partial charge is 0.481 e. The van der Waals surface area contributed by atoms with E-state index in [1.165, 1.54) is 6.33 Å². The van der Waals surface area contributed by atoms with Gasteiger partial charge in [-0.2, -0.15) is 13.2 Å². The van der Waals surface area contributed by atoms with Crippen molar-refractivity contribution in [2.45, 2.75) is 44.4 Å². The van der Waals surface area contributed by atoms with Gasteiger partial charge in [0.05, 0.1) is 17.9 Å². The number of benzene rings is 1. The SMILES string of the molecule is Cc1cc(Nc2nccc(C(F)(F)F)n2)cc(-n2cnc([C@]3(O)CC[C@H](C(=O)O)CC3)c2)c1. The number of aromatic nitrogens is 4. The molecule has 1 aromatic carbocycles. The molecule has 0 unspecified atom stereocenters. The summed E-state index contributed by atoms with van der Waals surface area (Å²) >= 11 is 0. The Morgan fingerprint density at radius 2 is 1.94 bits per heavy atom. The number of carboxylic acid groups (broad SMARTS) is 1. The molecule has 1 saturated carbocycles. The summed E-state index contributed by atoms with van der Waals surface area (Å²) in [5.41, 5.74) is 0.194. The summed E-state index contributed by atoms with van der Waals surface area (Å²) in [5, 5.41) is 23.0. The number of hydrogen-bond acceptors (Lipinski definition) is 6. The van der Waals surface area contributed by atoms with Crippen LogP contribution in [0.4, 0.5) is 24.8 Å². The third-order valence-electron chi connectivity index (χ3n) is 5.78. The van der Waals surface area contributed by atoms with E-state index in [0.717, 1.165) is 17.8 Å². The lowest BCUT2D eigenvalue weighted by Gasteiger charge is -2.33. The van der Waals surface area contributed by atoms with E-state index in [9.17, 15) is 28.2 Å². The third-order valence-corrected chi connectivity index (χ3v) is 5.78. The molecule has 0 spiro atoms. The predicted molar refractivity (Wildman–Crippen MR) is 112 cm³/mol. The van der Waals surface area contributed by atoms with Crippen molar-refractivity contribution in [2.75, 3.05) is 5.32 Å². The Morgan fingerprint density at radius 3 is 2.61 bits per heavy atom. The molecule has 3 aromatic rings. The van der Waals surface area contributed by atoms with E-state index < -0.39 is 29.4 Å². The Morgan fingerprint density at radius 1 is 1.21 bits per heavy atom. The molecular formula is C22H22F3N5O3. The summed E-state index contributed by atoms with van der Waals surface area (Å²) in [4.78, 5) is 22.9. The van der Waals surface area contributed by atoms with Crippen LogP contribution < -0.4 is 5.32 Å². The van der Waals surface area contributed by atoms with Gasteiger partial charge in [-0.1, -0.05) is 0 Å². The van der Waals surface area contributed by atoms with Crippen molar-refractivity contribution in [3.63, 3.8) is 0 Å². The molecule has 0 saturated heterocycles. The number of aliphatic hydroxyl groups is 1. The van der Waals surface area contributed by atoms with Gasteiger partial charge in [-0.25, -0.2) is 15.0 Å². The highest BCUT2D eigenvalue weighted by Gasteiger charge is 2.38. The number of rotatable bonds is 5. The van der Waals surface area contributed by atoms with Crippen LogP contribution in [0.3, 0.4) is 0 Å². The normalized spacial score (nSPS) is 21.1. The average molecular weight is 461 g/mol. The fraction of sp³-hybridized carbons (Fsp3) is 0.364. The Balaban J connectivity index is 1.56. The molecule has 0 atom stereocenters. The molecule has 3 N–H and O–H groups in total. The van der Waals surface area contributed by atoms with E-state index >= 15 is 0 Å². The van der Waals surface area contributed by atoms with Gasteiger partial charge in [-0.3, -0.25) is 4.79 Å². The quantitative estimate of drug-likeness (QED) is 0.522. The first-order valence-electron chi connectivity index (χ1n) is 10.3. The monoisotopic (exact) mass is 461 g/mol. The molecule has 0 radical (unpaired) electrons. The highest BCUT2D eigenvalue weighted by Crippen LogP contribution is 2.39. The Bertz CT molecular complexity index is 1170. The van der Waals surface area contributed by atoms with Crippen LogP contribution in [0.5, 0.6) is 0 Å². The minimum Gasteiger partial charge on any atom is -0.481 e. The number of hydrogen-bond donors (Lipinski definition) is 3. The molecule has 11 heteroatoms. The van der Waals surface area contributed by atoms with E-state index in [1.807, 2.05) is 13.0 Å². The third kappa shape index (κ3) is 4.98. The smallest absolute Gasteiger partial charge is 0.433 e. The minimum atomic E-state index is -4.58. The zero-order chi connectivity index (χ0) is 23.8. The van der Waals surface area contributed by atoms with Crippen LogP contribution in [0.15, 0.2) is 43.0 Å². The molecule has 1 fully saturated rings. The van der Waals surface area contributed by atoms with Gasteiger partial charge >= 0.3 is 12.1 Å². The Hall–Kier alpha value is -3.47. The fourth-order valence-electron chi connectivity index (χ4n) is 3.99. The second-order valence-electron chi connectivity index (χ2n) is 8.26. The van der Waals surface area contributed by atoms with E-state index in [1.54, 1.807) is 22.9 Å². The highest BCUT2D eigenvalue weighted by molar-refractivity contribution is 5.70. The molecule has 0 amide bonds. The maximum Gasteiger partial charge on any atom is 0.433 e. The summed E-state index contributed by atoms with van der Waals surface area (Å²) < 4.78 is 40.5. The van der Waals surface area contributed by atoms with E-state index in [-0.39, 0.29) is 5.95 Å². The van der Waals surface area contributed by atoms with Gasteiger partial charge < -0.3 is 20.1 Å². The molecule has 8 nitrogen and oxygen atoms in total. The lowest BCUT2D eigenvalue weighted by atomic mass is 9.77. The van der Waals surface area contributed by atoms with E-state index in [4.69, 9.17) is 0 Å². The van der Waals surface area contributed by atoms with Crippen LogP contribution in [0, 0.1) is 12.8 Å². The summed E-state index contributed by atoms with van der Waals surface area (Å²) in [6.07, 6.45) is 1.02. The zero-order valence-corrected chi connectivity index (χ0v) is 17.7. The Kier molecular flexibility index (Phi) is 5.83. The van der Waals surface area contributed by atoms with Crippen LogP contribution >= 0.6 is 0 Å². The van der Waals surface area contributed by atoms with Crippen molar-refractivity contribution in [1.29, 1.82) is 0 Å². The number of aliphatic carboxylic acids is 1. The minimum absolute atomic E-state index is 0.183. The average Bonchev–Trinajstić information content (AvgIpc) is 3.25. The molecule has 4 rings (SSSR count). The molecule has 1 aliphatic carbocycles. The van der Waals surface area contributed by atoms with Gasteiger partial charge in [-0.15, -0.1) is 0 Å². The maximum atomic E-state index is 12.9. The standard InChI is InChI=1S/C22H22F3N5O3/c1-13-8-15(28-20-26-7-4-17(29-20)22(23,24)25)10-16(9-13)30-11-18(27-12-30)21(33)5-2-14(3-6-21)19(31)32/h4,7-12,14,33H,2-3,5-6H2,1H3,(H,31,32)(H,26,28,29)/t14-,21-. The molecule has 0 bridgehead atoms. The number of halogens is 3. The van der Waals surface area contributed by atoms with Crippen LogP contribution in [-0.4, -0.2) is 35.7 Å². The molecule has 2 heterocycles. The maximum absolute atomic E-state index is 12.9. The van der Waals surface area contributed by atoms with Gasteiger partial charge in [-0.05, 0) is 62.4 Å². The van der Waals surface area contributed by atoms with Gasteiger partial charge in [0, 0.05) is 23.8 Å². The fourth-order valence-corrected chi connectivity index (χ4v) is 3.99. The van der Waals surface area contributed by atoms with E-state index in [0.29, 0.717) is 42.8 Å². The molecular weight excluding hydrogens is 439 g/mol. The predicted octanol–water partition coefficient (Wildman–Crippen LogP) is 4.20. The van der Waals surface area contributed by atoms with Crippen molar-refractivity contribution >= 4 is 17.6 Å². The van der Waals surface area contributed by atoms with Gasteiger partial charge in [0.25, 0.3) is 0 Å². The highest BCUT2D eigenvalue weighted by atomic mass is 19.4. The van der Waals surface area contributed by atoms with Crippen LogP contribution in [0.1, 0.15) is 42.6 Å². The van der Waals surface area contributed by atoms with Crippen LogP contribution in [0.2, 0.25) is 0 Å². The Labute approximate surface area is 187 Å². The molecule has 33 heavy (non-hydrogen) atoms. The van der Waals surface area contributed by atoms with E-state index in [2.05, 4.69) is 20.3 Å². The summed E-state index contributed by atoms with van der Waals surface area (Å²) in [5.74, 6) is -1.50. The number of carboxylic acids is 1. The zero-order valence-electron chi connectivity index (χ0n) is 17.7. The molecule has 2 aromatic heterocycles. The number of nitrogens with zero attached hydrogens (tertiary/aromatic N) is 4. The molecule has 174 valence electrons. The van der Waals surface area contributed by atoms with Crippen molar-refractivity contribution in [2.24, 2.45) is 5.92 Å². The van der Waals surface area contributed by atoms with Crippen molar-refractivity contribution < 1.29 is 28.2 Å². The second-order valence-corrected chi connectivity index (χ2v) is 8.26. The summed E-state index contributed by atoms with van der Waals surface area (Å²) in [6, 6.07) is 6.10. The van der Waals surface area contributed by atoms with Crippen molar-refractivity contribution in [1.82, 2.24) is 19.5 Å². The number of imidazole rings is 1. The number of anilines is 2. The van der Waals surface area contributed by atoms with Gasteiger partial charge in [0.15, 0.2) is 0 Å². The lowest BCUT2D eigenvalue weighted by molar-refractivity contribution is -0.145. The van der Waals surface area contributed by atoms with Crippen LogP contribution in [-0.2, 0) is 16.6 Å². The summed E-state index contributed by atoms with van der Waals surface area (Å²) in [7, 11) is 0. The number of nitrogens with one attached hydrogen (secondary N) is 1. The van der Waals surface area contributed by atoms with Crippen LogP contribution in [0.25, 0.3) is 5.69 Å². The lowest BCUT2D eigenvalue weighted by Crippen LogP contribution is -2.34. The van der Waals surface area contributed by atoms with Gasteiger partial charge in [0.1, 0.15) is 11.3 Å². The first-order chi connectivity index (χ1) is 15.5. The number of carbonyl (C=O) groups is 1. The first kappa shape index (κ1) is 22.7. The number of alkyl halides is 3. The molecule has 1 aliphatic rings. The van der Waals surface area contributed by atoms with Crippen molar-refractivity contribution in [3.05, 3.63) is 59.9 Å². The summed E-state index contributed by atoms with van der Waals surface area (Å²) in [6.45, 7) is 1.83. The van der Waals surface area contributed by atoms with Gasteiger partial charge in [0.2, 0.25) is 5.95 Å². The van der Waals surface area contributed by atoms with Crippen molar-refractivity contribution in [3.8, 4) is 5.69 Å².